The molecule has 1 aromatic carbocycles. The number of rotatable bonds is 6. The average molecular weight is 260 g/mol. The summed E-state index contributed by atoms with van der Waals surface area (Å²) in [6.45, 7) is 8.57. The molecular weight excluding hydrogens is 236 g/mol. The van der Waals surface area contributed by atoms with Crippen molar-refractivity contribution in [3.8, 4) is 0 Å². The first-order valence-corrected chi connectivity index (χ1v) is 7.22. The van der Waals surface area contributed by atoms with Crippen LogP contribution in [0.4, 0.5) is 5.69 Å². The van der Waals surface area contributed by atoms with Gasteiger partial charge in [-0.3, -0.25) is 4.79 Å². The lowest BCUT2D eigenvalue weighted by Gasteiger charge is -2.20. The monoisotopic (exact) mass is 260 g/mol. The number of hydrogen-bond donors (Lipinski definition) is 1. The van der Waals surface area contributed by atoms with Crippen molar-refractivity contribution in [2.24, 2.45) is 5.92 Å². The van der Waals surface area contributed by atoms with Crippen LogP contribution in [0.1, 0.15) is 37.0 Å². The van der Waals surface area contributed by atoms with E-state index in [2.05, 4.69) is 17.1 Å². The Balaban J connectivity index is 1.76. The van der Waals surface area contributed by atoms with Crippen molar-refractivity contribution in [1.29, 1.82) is 0 Å². The van der Waals surface area contributed by atoms with E-state index in [1.807, 2.05) is 24.3 Å². The predicted molar refractivity (Wildman–Crippen MR) is 79.8 cm³/mol. The number of hydrogen-bond acceptors (Lipinski definition) is 3. The molecular formula is C16H24N2O. The topological polar surface area (TPSA) is 32.3 Å². The van der Waals surface area contributed by atoms with Gasteiger partial charge in [0.2, 0.25) is 0 Å². The molecule has 0 aromatic heterocycles. The zero-order valence-corrected chi connectivity index (χ0v) is 12.0. The van der Waals surface area contributed by atoms with Gasteiger partial charge < -0.3 is 10.2 Å². The Morgan fingerprint density at radius 2 is 1.89 bits per heavy atom. The van der Waals surface area contributed by atoms with E-state index in [4.69, 9.17) is 0 Å². The fourth-order valence-electron chi connectivity index (χ4n) is 2.59. The molecule has 1 heterocycles. The summed E-state index contributed by atoms with van der Waals surface area (Å²) in [6, 6.07) is 7.74. The lowest BCUT2D eigenvalue weighted by Crippen LogP contribution is -2.28. The number of nitrogens with zero attached hydrogens (tertiary/aromatic N) is 1. The molecule has 0 aliphatic carbocycles. The lowest BCUT2D eigenvalue weighted by atomic mass is 10.1. The number of benzene rings is 1. The first kappa shape index (κ1) is 14.1. The summed E-state index contributed by atoms with van der Waals surface area (Å²) in [5.74, 6) is 0.763. The fraction of sp³-hybridized carbons (Fsp3) is 0.562. The normalized spacial score (nSPS) is 17.4. The van der Waals surface area contributed by atoms with Gasteiger partial charge in [-0.25, -0.2) is 0 Å². The van der Waals surface area contributed by atoms with Crippen LogP contribution in [-0.2, 0) is 0 Å². The zero-order valence-electron chi connectivity index (χ0n) is 12.0. The summed E-state index contributed by atoms with van der Waals surface area (Å²) in [5.41, 5.74) is 1.87. The molecule has 3 nitrogen and oxygen atoms in total. The van der Waals surface area contributed by atoms with Crippen LogP contribution in [0.25, 0.3) is 0 Å². The second-order valence-electron chi connectivity index (χ2n) is 5.63. The summed E-state index contributed by atoms with van der Waals surface area (Å²) >= 11 is 0. The van der Waals surface area contributed by atoms with Crippen molar-refractivity contribution < 1.29 is 4.79 Å². The Kier molecular flexibility index (Phi) is 4.97. The summed E-state index contributed by atoms with van der Waals surface area (Å²) < 4.78 is 0. The molecule has 0 spiro atoms. The van der Waals surface area contributed by atoms with Gasteiger partial charge in [0.15, 0.2) is 5.78 Å². The molecule has 0 bridgehead atoms. The van der Waals surface area contributed by atoms with Gasteiger partial charge in [0.1, 0.15) is 0 Å². The fourth-order valence-corrected chi connectivity index (χ4v) is 2.59. The predicted octanol–water partition coefficient (Wildman–Crippen LogP) is 3.03. The Morgan fingerprint density at radius 3 is 2.47 bits per heavy atom. The standard InChI is InChI=1S/C16H24N2O/c1-13(12-18-9-3-4-10-18)11-17-16-7-5-15(6-8-16)14(2)19/h5-8,13,17H,3-4,9-12H2,1-2H3. The highest BCUT2D eigenvalue weighted by molar-refractivity contribution is 5.94. The summed E-state index contributed by atoms with van der Waals surface area (Å²) in [7, 11) is 0. The molecule has 0 amide bonds. The van der Waals surface area contributed by atoms with Gasteiger partial charge in [-0.2, -0.15) is 0 Å². The first-order valence-electron chi connectivity index (χ1n) is 7.22. The second-order valence-corrected chi connectivity index (χ2v) is 5.63. The largest absolute Gasteiger partial charge is 0.385 e. The number of carbonyl (C=O) groups excluding carboxylic acids is 1. The van der Waals surface area contributed by atoms with E-state index in [1.54, 1.807) is 6.92 Å². The van der Waals surface area contributed by atoms with E-state index in [0.717, 1.165) is 17.8 Å². The molecule has 1 N–H and O–H groups in total. The molecule has 0 saturated carbocycles. The summed E-state index contributed by atoms with van der Waals surface area (Å²) in [6.07, 6.45) is 2.71. The molecule has 1 aromatic rings. The van der Waals surface area contributed by atoms with Crippen LogP contribution >= 0.6 is 0 Å². The molecule has 1 atom stereocenters. The minimum absolute atomic E-state index is 0.119. The molecule has 1 saturated heterocycles. The van der Waals surface area contributed by atoms with Crippen molar-refractivity contribution in [2.45, 2.75) is 26.7 Å². The molecule has 0 radical (unpaired) electrons. The Morgan fingerprint density at radius 1 is 1.26 bits per heavy atom. The zero-order chi connectivity index (χ0) is 13.7. The summed E-state index contributed by atoms with van der Waals surface area (Å²) in [4.78, 5) is 13.7. The van der Waals surface area contributed by atoms with E-state index in [9.17, 15) is 4.79 Å². The molecule has 1 unspecified atom stereocenters. The minimum Gasteiger partial charge on any atom is -0.385 e. The van der Waals surface area contributed by atoms with Crippen molar-refractivity contribution in [3.05, 3.63) is 29.8 Å². The van der Waals surface area contributed by atoms with Gasteiger partial charge in [0, 0.05) is 24.3 Å². The molecule has 1 fully saturated rings. The van der Waals surface area contributed by atoms with Crippen molar-refractivity contribution in [1.82, 2.24) is 4.90 Å². The number of ketones is 1. The number of carbonyl (C=O) groups is 1. The highest BCUT2D eigenvalue weighted by Crippen LogP contribution is 2.13. The second kappa shape index (κ2) is 6.71. The average Bonchev–Trinajstić information content (AvgIpc) is 2.89. The highest BCUT2D eigenvalue weighted by atomic mass is 16.1. The van der Waals surface area contributed by atoms with Gasteiger partial charge >= 0.3 is 0 Å². The van der Waals surface area contributed by atoms with Crippen LogP contribution in [0, 0.1) is 5.92 Å². The third kappa shape index (κ3) is 4.35. The molecule has 3 heteroatoms. The number of Topliss-reactive ketones (excluding diaryl/α,β-unsaturated/α-hetero) is 1. The number of anilines is 1. The van der Waals surface area contributed by atoms with E-state index in [-0.39, 0.29) is 5.78 Å². The van der Waals surface area contributed by atoms with Crippen LogP contribution in [0.2, 0.25) is 0 Å². The molecule has 2 rings (SSSR count). The lowest BCUT2D eigenvalue weighted by molar-refractivity contribution is 0.101. The van der Waals surface area contributed by atoms with Gasteiger partial charge in [-0.15, -0.1) is 0 Å². The molecule has 1 aliphatic heterocycles. The Bertz CT molecular complexity index is 407. The van der Waals surface area contributed by atoms with Crippen LogP contribution in [0.5, 0.6) is 0 Å². The molecule has 104 valence electrons. The van der Waals surface area contributed by atoms with Gasteiger partial charge in [0.05, 0.1) is 0 Å². The Labute approximate surface area is 116 Å². The van der Waals surface area contributed by atoms with Crippen molar-refractivity contribution in [2.75, 3.05) is 31.5 Å². The van der Waals surface area contributed by atoms with Gasteiger partial charge in [-0.1, -0.05) is 6.92 Å². The van der Waals surface area contributed by atoms with Crippen LogP contribution in [0.15, 0.2) is 24.3 Å². The van der Waals surface area contributed by atoms with Crippen molar-refractivity contribution in [3.63, 3.8) is 0 Å². The quantitative estimate of drug-likeness (QED) is 0.798. The number of nitrogens with one attached hydrogen (secondary N) is 1. The Hall–Kier alpha value is -1.35. The van der Waals surface area contributed by atoms with Gasteiger partial charge in [0.25, 0.3) is 0 Å². The third-order valence-corrected chi connectivity index (χ3v) is 3.71. The first-order chi connectivity index (χ1) is 9.15. The summed E-state index contributed by atoms with van der Waals surface area (Å²) in [5, 5.41) is 3.45. The van der Waals surface area contributed by atoms with Crippen LogP contribution in [-0.4, -0.2) is 36.9 Å². The molecule has 1 aliphatic rings. The maximum Gasteiger partial charge on any atom is 0.159 e. The van der Waals surface area contributed by atoms with Crippen molar-refractivity contribution >= 4 is 11.5 Å². The van der Waals surface area contributed by atoms with E-state index >= 15 is 0 Å². The maximum absolute atomic E-state index is 11.2. The SMILES string of the molecule is CC(=O)c1ccc(NCC(C)CN2CCCC2)cc1. The van der Waals surface area contributed by atoms with Crippen LogP contribution < -0.4 is 5.32 Å². The van der Waals surface area contributed by atoms with Gasteiger partial charge in [-0.05, 0) is 63.0 Å². The highest BCUT2D eigenvalue weighted by Gasteiger charge is 2.14. The molecule has 19 heavy (non-hydrogen) atoms. The van der Waals surface area contributed by atoms with E-state index < -0.39 is 0 Å². The van der Waals surface area contributed by atoms with E-state index in [1.165, 1.54) is 32.5 Å². The smallest absolute Gasteiger partial charge is 0.159 e. The maximum atomic E-state index is 11.2. The van der Waals surface area contributed by atoms with Crippen LogP contribution in [0.3, 0.4) is 0 Å². The minimum atomic E-state index is 0.119. The number of likely N-dealkylation sites (tertiary alicyclic amines) is 1. The van der Waals surface area contributed by atoms with E-state index in [0.29, 0.717) is 5.92 Å². The third-order valence-electron chi connectivity index (χ3n) is 3.71.